The van der Waals surface area contributed by atoms with Crippen LogP contribution in [-0.4, -0.2) is 84.1 Å². The van der Waals surface area contributed by atoms with E-state index in [1.807, 2.05) is 40.6 Å². The number of likely N-dealkylation sites (N-methyl/N-ethyl adjacent to an activating group) is 1. The summed E-state index contributed by atoms with van der Waals surface area (Å²) in [6.45, 7) is 6.74. The molecule has 0 unspecified atom stereocenters. The number of anilines is 1. The van der Waals surface area contributed by atoms with E-state index in [4.69, 9.17) is 5.10 Å². The number of nitrogens with one attached hydrogen (secondary N) is 1. The average Bonchev–Trinajstić information content (AvgIpc) is 3.34. The van der Waals surface area contributed by atoms with Crippen molar-refractivity contribution in [1.82, 2.24) is 38.8 Å². The first-order chi connectivity index (χ1) is 15.1. The Balaban J connectivity index is 1.16. The fraction of sp³-hybridized carbons (Fsp3) is 0.455. The third-order valence-corrected chi connectivity index (χ3v) is 6.78. The van der Waals surface area contributed by atoms with Crippen molar-refractivity contribution in [2.75, 3.05) is 38.5 Å². The first kappa shape index (κ1) is 18.7. The van der Waals surface area contributed by atoms with Gasteiger partial charge in [-0.2, -0.15) is 0 Å². The second-order valence-corrected chi connectivity index (χ2v) is 8.86. The summed E-state index contributed by atoms with van der Waals surface area (Å²) in [7, 11) is 2.20. The minimum absolute atomic E-state index is 0.452. The molecule has 9 nitrogen and oxygen atoms in total. The van der Waals surface area contributed by atoms with Gasteiger partial charge in [-0.05, 0) is 32.9 Å². The van der Waals surface area contributed by atoms with E-state index in [0.29, 0.717) is 23.8 Å². The van der Waals surface area contributed by atoms with E-state index >= 15 is 0 Å². The van der Waals surface area contributed by atoms with Crippen LogP contribution in [0.25, 0.3) is 22.4 Å². The molecule has 1 aliphatic heterocycles. The van der Waals surface area contributed by atoms with Crippen molar-refractivity contribution >= 4 is 17.2 Å². The number of nitrogens with zero attached hydrogens (tertiary/aromatic N) is 8. The molecule has 4 aromatic rings. The maximum absolute atomic E-state index is 4.70. The average molecular weight is 418 g/mol. The zero-order valence-corrected chi connectivity index (χ0v) is 17.9. The Morgan fingerprint density at radius 2 is 1.81 bits per heavy atom. The molecule has 5 heterocycles. The fourth-order valence-electron chi connectivity index (χ4n) is 4.71. The van der Waals surface area contributed by atoms with E-state index in [1.54, 1.807) is 0 Å². The van der Waals surface area contributed by atoms with Gasteiger partial charge in [0.2, 0.25) is 11.7 Å². The number of aryl methyl sites for hydroxylation is 1. The normalized spacial score (nSPS) is 22.8. The molecule has 6 rings (SSSR count). The fourth-order valence-corrected chi connectivity index (χ4v) is 4.71. The standard InChI is InChI=1S/C22H27N9/c1-15-11-24-22-25-12-16(14-30(15)22)19-3-4-31-20(19)13-23-21(27-31)26-17-9-18(10-17)29-7-5-28(2)6-8-29/h3-4,11-14,17-18H,5-10H2,1-2H3,(H,26,27)/t17-,18-. The molecule has 1 N–H and O–H groups in total. The minimum atomic E-state index is 0.452. The summed E-state index contributed by atoms with van der Waals surface area (Å²) in [5.41, 5.74) is 4.11. The van der Waals surface area contributed by atoms with Gasteiger partial charge in [0.25, 0.3) is 0 Å². The molecule has 9 heteroatoms. The van der Waals surface area contributed by atoms with Crippen molar-refractivity contribution in [1.29, 1.82) is 0 Å². The van der Waals surface area contributed by atoms with E-state index < -0.39 is 0 Å². The third kappa shape index (κ3) is 3.34. The van der Waals surface area contributed by atoms with E-state index in [1.165, 1.54) is 26.2 Å². The van der Waals surface area contributed by atoms with Crippen LogP contribution in [0.3, 0.4) is 0 Å². The SMILES string of the molecule is Cc1cnc2ncc(-c3ccn4nc(N[C@H]5C[C@H](N6CCN(C)CC6)C5)ncc34)cn12. The Bertz CT molecular complexity index is 1230. The van der Waals surface area contributed by atoms with Gasteiger partial charge in [0, 0.05) is 73.7 Å². The number of aromatic nitrogens is 6. The molecule has 1 saturated heterocycles. The summed E-state index contributed by atoms with van der Waals surface area (Å²) in [6, 6.07) is 3.21. The highest BCUT2D eigenvalue weighted by Crippen LogP contribution is 2.29. The molecule has 0 bridgehead atoms. The molecule has 0 atom stereocenters. The number of rotatable bonds is 4. The van der Waals surface area contributed by atoms with Crippen LogP contribution in [0.5, 0.6) is 0 Å². The lowest BCUT2D eigenvalue weighted by Crippen LogP contribution is -2.55. The van der Waals surface area contributed by atoms with Gasteiger partial charge in [0.15, 0.2) is 0 Å². The Kier molecular flexibility index (Phi) is 4.39. The first-order valence-electron chi connectivity index (χ1n) is 11.0. The van der Waals surface area contributed by atoms with Gasteiger partial charge < -0.3 is 10.2 Å². The zero-order chi connectivity index (χ0) is 20.9. The Morgan fingerprint density at radius 3 is 2.65 bits per heavy atom. The molecule has 160 valence electrons. The minimum Gasteiger partial charge on any atom is -0.350 e. The van der Waals surface area contributed by atoms with Crippen LogP contribution in [0.2, 0.25) is 0 Å². The molecule has 2 aliphatic rings. The largest absolute Gasteiger partial charge is 0.350 e. The highest BCUT2D eigenvalue weighted by atomic mass is 15.3. The van der Waals surface area contributed by atoms with Crippen LogP contribution < -0.4 is 5.32 Å². The predicted molar refractivity (Wildman–Crippen MR) is 119 cm³/mol. The summed E-state index contributed by atoms with van der Waals surface area (Å²) in [5, 5.41) is 8.22. The van der Waals surface area contributed by atoms with Gasteiger partial charge in [0.05, 0.1) is 17.9 Å². The van der Waals surface area contributed by atoms with Crippen LogP contribution in [0.1, 0.15) is 18.5 Å². The van der Waals surface area contributed by atoms with Gasteiger partial charge in [-0.15, -0.1) is 5.10 Å². The molecule has 0 spiro atoms. The Morgan fingerprint density at radius 1 is 1.00 bits per heavy atom. The second-order valence-electron chi connectivity index (χ2n) is 8.86. The van der Waals surface area contributed by atoms with Gasteiger partial charge in [0.1, 0.15) is 0 Å². The maximum atomic E-state index is 4.70. The highest BCUT2D eigenvalue weighted by molar-refractivity contribution is 5.79. The molecule has 31 heavy (non-hydrogen) atoms. The summed E-state index contributed by atoms with van der Waals surface area (Å²) in [4.78, 5) is 18.4. The van der Waals surface area contributed by atoms with Crippen molar-refractivity contribution in [3.63, 3.8) is 0 Å². The molecule has 0 aromatic carbocycles. The number of piperazine rings is 1. The third-order valence-electron chi connectivity index (χ3n) is 6.78. The molecule has 2 fully saturated rings. The molecule has 0 amide bonds. The van der Waals surface area contributed by atoms with Crippen LogP contribution >= 0.6 is 0 Å². The highest BCUT2D eigenvalue weighted by Gasteiger charge is 2.35. The summed E-state index contributed by atoms with van der Waals surface area (Å²) in [5.74, 6) is 1.40. The van der Waals surface area contributed by atoms with Gasteiger partial charge in [-0.25, -0.2) is 19.5 Å². The number of hydrogen-bond donors (Lipinski definition) is 1. The first-order valence-corrected chi connectivity index (χ1v) is 11.0. The molecule has 1 saturated carbocycles. The monoisotopic (exact) mass is 417 g/mol. The van der Waals surface area contributed by atoms with Crippen LogP contribution in [0, 0.1) is 6.92 Å². The maximum Gasteiger partial charge on any atom is 0.241 e. The van der Waals surface area contributed by atoms with Crippen molar-refractivity contribution < 1.29 is 0 Å². The van der Waals surface area contributed by atoms with E-state index in [2.05, 4.69) is 49.4 Å². The lowest BCUT2D eigenvalue weighted by molar-refractivity contribution is 0.0656. The smallest absolute Gasteiger partial charge is 0.241 e. The van der Waals surface area contributed by atoms with E-state index in [-0.39, 0.29) is 0 Å². The van der Waals surface area contributed by atoms with E-state index in [0.717, 1.165) is 35.2 Å². The summed E-state index contributed by atoms with van der Waals surface area (Å²) in [6.07, 6.45) is 12.0. The molecular formula is C22H27N9. The Hall–Kier alpha value is -3.04. The topological polar surface area (TPSA) is 78.9 Å². The lowest BCUT2D eigenvalue weighted by atomic mass is 9.85. The lowest BCUT2D eigenvalue weighted by Gasteiger charge is -2.46. The summed E-state index contributed by atoms with van der Waals surface area (Å²) >= 11 is 0. The Labute approximate surface area is 180 Å². The van der Waals surface area contributed by atoms with Gasteiger partial charge in [-0.1, -0.05) is 0 Å². The van der Waals surface area contributed by atoms with Crippen molar-refractivity contribution in [2.24, 2.45) is 0 Å². The van der Waals surface area contributed by atoms with Crippen LogP contribution in [0.15, 0.2) is 37.1 Å². The molecule has 1 aliphatic carbocycles. The van der Waals surface area contributed by atoms with Gasteiger partial charge >= 0.3 is 0 Å². The quantitative estimate of drug-likeness (QED) is 0.544. The predicted octanol–water partition coefficient (Wildman–Crippen LogP) is 1.94. The van der Waals surface area contributed by atoms with Crippen molar-refractivity contribution in [3.05, 3.63) is 42.7 Å². The van der Waals surface area contributed by atoms with Crippen molar-refractivity contribution in [2.45, 2.75) is 31.8 Å². The van der Waals surface area contributed by atoms with E-state index in [9.17, 15) is 0 Å². The van der Waals surface area contributed by atoms with Crippen molar-refractivity contribution in [3.8, 4) is 11.1 Å². The molecular weight excluding hydrogens is 390 g/mol. The zero-order valence-electron chi connectivity index (χ0n) is 17.9. The summed E-state index contributed by atoms with van der Waals surface area (Å²) < 4.78 is 3.90. The molecule has 0 radical (unpaired) electrons. The molecule has 4 aromatic heterocycles. The second kappa shape index (κ2) is 7.28. The number of fused-ring (bicyclic) bond motifs is 2. The van der Waals surface area contributed by atoms with Crippen LogP contribution in [-0.2, 0) is 0 Å². The van der Waals surface area contributed by atoms with Crippen LogP contribution in [0.4, 0.5) is 5.95 Å². The van der Waals surface area contributed by atoms with Gasteiger partial charge in [-0.3, -0.25) is 9.30 Å². The number of hydrogen-bond acceptors (Lipinski definition) is 7. The number of imidazole rings is 1.